The molecular weight excluding hydrogens is 291 g/mol. The third-order valence-corrected chi connectivity index (χ3v) is 4.27. The number of benzene rings is 1. The Morgan fingerprint density at radius 2 is 2.11 bits per heavy atom. The van der Waals surface area contributed by atoms with Gasteiger partial charge < -0.3 is 5.11 Å². The van der Waals surface area contributed by atoms with Crippen molar-refractivity contribution < 1.29 is 14.3 Å². The SMILES string of the molecule is O=C(NNc1ccc(Cl)c(F)c1)C1(O)CCSCC1. The van der Waals surface area contributed by atoms with Crippen molar-refractivity contribution in [3.63, 3.8) is 0 Å². The smallest absolute Gasteiger partial charge is 0.270 e. The first-order chi connectivity index (χ1) is 9.01. The predicted octanol–water partition coefficient (Wildman–Crippen LogP) is 2.18. The maximum absolute atomic E-state index is 13.2. The van der Waals surface area contributed by atoms with Crippen molar-refractivity contribution in [2.24, 2.45) is 0 Å². The lowest BCUT2D eigenvalue weighted by Gasteiger charge is -2.30. The Morgan fingerprint density at radius 1 is 1.42 bits per heavy atom. The van der Waals surface area contributed by atoms with Gasteiger partial charge in [-0.1, -0.05) is 11.6 Å². The van der Waals surface area contributed by atoms with E-state index < -0.39 is 17.3 Å². The maximum atomic E-state index is 13.2. The molecule has 7 heteroatoms. The van der Waals surface area contributed by atoms with Crippen molar-refractivity contribution in [1.29, 1.82) is 0 Å². The Balaban J connectivity index is 1.94. The van der Waals surface area contributed by atoms with Gasteiger partial charge in [0.05, 0.1) is 10.7 Å². The highest BCUT2D eigenvalue weighted by atomic mass is 35.5. The summed E-state index contributed by atoms with van der Waals surface area (Å²) in [6.45, 7) is 0. The molecule has 0 bridgehead atoms. The lowest BCUT2D eigenvalue weighted by Crippen LogP contribution is -2.50. The van der Waals surface area contributed by atoms with E-state index >= 15 is 0 Å². The van der Waals surface area contributed by atoms with Crippen LogP contribution in [0, 0.1) is 5.82 Å². The van der Waals surface area contributed by atoms with Crippen LogP contribution >= 0.6 is 23.4 Å². The zero-order chi connectivity index (χ0) is 13.9. The zero-order valence-corrected chi connectivity index (χ0v) is 11.7. The normalized spacial score (nSPS) is 17.8. The van der Waals surface area contributed by atoms with E-state index in [9.17, 15) is 14.3 Å². The number of anilines is 1. The Kier molecular flexibility index (Phi) is 4.54. The van der Waals surface area contributed by atoms with Crippen LogP contribution in [0.4, 0.5) is 10.1 Å². The summed E-state index contributed by atoms with van der Waals surface area (Å²) >= 11 is 7.26. The van der Waals surface area contributed by atoms with E-state index in [4.69, 9.17) is 11.6 Å². The van der Waals surface area contributed by atoms with Crippen molar-refractivity contribution in [1.82, 2.24) is 5.43 Å². The molecule has 0 aromatic heterocycles. The van der Waals surface area contributed by atoms with Crippen molar-refractivity contribution in [3.05, 3.63) is 29.0 Å². The summed E-state index contributed by atoms with van der Waals surface area (Å²) < 4.78 is 13.2. The summed E-state index contributed by atoms with van der Waals surface area (Å²) in [5, 5.41) is 10.2. The lowest BCUT2D eigenvalue weighted by atomic mass is 9.96. The van der Waals surface area contributed by atoms with Gasteiger partial charge in [-0.25, -0.2) is 4.39 Å². The van der Waals surface area contributed by atoms with Crippen LogP contribution in [0.25, 0.3) is 0 Å². The fourth-order valence-corrected chi connectivity index (χ4v) is 3.04. The van der Waals surface area contributed by atoms with Gasteiger partial charge >= 0.3 is 0 Å². The highest BCUT2D eigenvalue weighted by Gasteiger charge is 2.37. The number of aliphatic hydroxyl groups is 1. The van der Waals surface area contributed by atoms with E-state index in [0.29, 0.717) is 18.5 Å². The number of rotatable bonds is 3. The van der Waals surface area contributed by atoms with Gasteiger partial charge in [-0.05, 0) is 36.5 Å². The molecule has 0 unspecified atom stereocenters. The molecule has 1 heterocycles. The molecule has 0 atom stereocenters. The maximum Gasteiger partial charge on any atom is 0.270 e. The van der Waals surface area contributed by atoms with E-state index in [2.05, 4.69) is 10.9 Å². The second-order valence-electron chi connectivity index (χ2n) is 4.35. The number of halogens is 2. The molecule has 104 valence electrons. The van der Waals surface area contributed by atoms with Crippen LogP contribution in [-0.4, -0.2) is 28.1 Å². The molecule has 0 aliphatic carbocycles. The van der Waals surface area contributed by atoms with Crippen LogP contribution in [0.2, 0.25) is 5.02 Å². The molecule has 2 rings (SSSR count). The van der Waals surface area contributed by atoms with Crippen LogP contribution in [0.3, 0.4) is 0 Å². The minimum Gasteiger partial charge on any atom is -0.380 e. The molecule has 0 spiro atoms. The molecule has 1 aliphatic rings. The number of amides is 1. The molecule has 1 saturated heterocycles. The molecule has 0 radical (unpaired) electrons. The number of nitrogens with one attached hydrogen (secondary N) is 2. The Bertz CT molecular complexity index is 481. The standard InChI is InChI=1S/C12H14ClFN2O2S/c13-9-2-1-8(7-10(9)14)15-16-11(17)12(18)3-5-19-6-4-12/h1-2,7,15,18H,3-6H2,(H,16,17). The van der Waals surface area contributed by atoms with Crippen LogP contribution in [-0.2, 0) is 4.79 Å². The molecule has 19 heavy (non-hydrogen) atoms. The highest BCUT2D eigenvalue weighted by Crippen LogP contribution is 2.27. The lowest BCUT2D eigenvalue weighted by molar-refractivity contribution is -0.139. The molecule has 1 amide bonds. The first kappa shape index (κ1) is 14.4. The van der Waals surface area contributed by atoms with Crippen LogP contribution in [0.5, 0.6) is 0 Å². The Hall–Kier alpha value is -0.980. The number of thioether (sulfide) groups is 1. The monoisotopic (exact) mass is 304 g/mol. The third kappa shape index (κ3) is 3.52. The zero-order valence-electron chi connectivity index (χ0n) is 10.1. The van der Waals surface area contributed by atoms with Gasteiger partial charge in [-0.15, -0.1) is 0 Å². The average molecular weight is 305 g/mol. The topological polar surface area (TPSA) is 61.4 Å². The first-order valence-corrected chi connectivity index (χ1v) is 7.36. The second kappa shape index (κ2) is 5.98. The summed E-state index contributed by atoms with van der Waals surface area (Å²) in [7, 11) is 0. The number of carbonyl (C=O) groups excluding carboxylic acids is 1. The average Bonchev–Trinajstić information content (AvgIpc) is 2.40. The van der Waals surface area contributed by atoms with Crippen molar-refractivity contribution in [2.45, 2.75) is 18.4 Å². The summed E-state index contributed by atoms with van der Waals surface area (Å²) in [5.74, 6) is 0.427. The molecular formula is C12H14ClFN2O2S. The van der Waals surface area contributed by atoms with Crippen LogP contribution in [0.15, 0.2) is 18.2 Å². The third-order valence-electron chi connectivity index (χ3n) is 2.98. The molecule has 1 fully saturated rings. The fraction of sp³-hybridized carbons (Fsp3) is 0.417. The van der Waals surface area contributed by atoms with E-state index in [0.717, 1.165) is 11.5 Å². The Morgan fingerprint density at radius 3 is 2.74 bits per heavy atom. The summed E-state index contributed by atoms with van der Waals surface area (Å²) in [6.07, 6.45) is 0.834. The number of hydrogen-bond donors (Lipinski definition) is 3. The molecule has 4 nitrogen and oxygen atoms in total. The van der Waals surface area contributed by atoms with Gasteiger partial charge in [0.15, 0.2) is 0 Å². The van der Waals surface area contributed by atoms with E-state index in [1.54, 1.807) is 11.8 Å². The first-order valence-electron chi connectivity index (χ1n) is 5.83. The van der Waals surface area contributed by atoms with E-state index in [-0.39, 0.29) is 5.02 Å². The van der Waals surface area contributed by atoms with E-state index in [1.165, 1.54) is 18.2 Å². The fourth-order valence-electron chi connectivity index (χ4n) is 1.76. The predicted molar refractivity (Wildman–Crippen MR) is 74.7 cm³/mol. The highest BCUT2D eigenvalue weighted by molar-refractivity contribution is 7.99. The van der Waals surface area contributed by atoms with Gasteiger partial charge in [0.2, 0.25) is 0 Å². The number of hydrazine groups is 1. The molecule has 1 aliphatic heterocycles. The van der Waals surface area contributed by atoms with Crippen molar-refractivity contribution in [2.75, 3.05) is 16.9 Å². The summed E-state index contributed by atoms with van der Waals surface area (Å²) in [5.41, 5.74) is 3.99. The second-order valence-corrected chi connectivity index (χ2v) is 5.98. The van der Waals surface area contributed by atoms with Gasteiger partial charge in [0.25, 0.3) is 5.91 Å². The summed E-state index contributed by atoms with van der Waals surface area (Å²) in [4.78, 5) is 11.9. The van der Waals surface area contributed by atoms with E-state index in [1.807, 2.05) is 0 Å². The van der Waals surface area contributed by atoms with Gasteiger partial charge in [0, 0.05) is 6.07 Å². The van der Waals surface area contributed by atoms with Crippen LogP contribution < -0.4 is 10.9 Å². The van der Waals surface area contributed by atoms with Gasteiger partial charge in [-0.2, -0.15) is 11.8 Å². The largest absolute Gasteiger partial charge is 0.380 e. The number of carbonyl (C=O) groups is 1. The van der Waals surface area contributed by atoms with Crippen molar-refractivity contribution >= 4 is 35.0 Å². The molecule has 1 aromatic carbocycles. The quantitative estimate of drug-likeness (QED) is 0.749. The van der Waals surface area contributed by atoms with Crippen LogP contribution in [0.1, 0.15) is 12.8 Å². The Labute approximate surface area is 119 Å². The number of hydrogen-bond acceptors (Lipinski definition) is 4. The summed E-state index contributed by atoms with van der Waals surface area (Å²) in [6, 6.07) is 4.09. The molecule has 3 N–H and O–H groups in total. The molecule has 1 aromatic rings. The van der Waals surface area contributed by atoms with Crippen molar-refractivity contribution in [3.8, 4) is 0 Å². The molecule has 0 saturated carbocycles. The minimum atomic E-state index is -1.34. The minimum absolute atomic E-state index is 0.0137. The van der Waals surface area contributed by atoms with Gasteiger partial charge in [0.1, 0.15) is 11.4 Å². The van der Waals surface area contributed by atoms with Gasteiger partial charge in [-0.3, -0.25) is 15.6 Å².